The molecule has 8 atom stereocenters. The van der Waals surface area contributed by atoms with Gasteiger partial charge in [-0.2, -0.15) is 0 Å². The van der Waals surface area contributed by atoms with E-state index in [0.717, 1.165) is 37.0 Å². The largest absolute Gasteiger partial charge is 0.393 e. The summed E-state index contributed by atoms with van der Waals surface area (Å²) >= 11 is 0. The first-order valence-electron chi connectivity index (χ1n) is 10.4. The van der Waals surface area contributed by atoms with Gasteiger partial charge in [0.05, 0.1) is 6.10 Å². The van der Waals surface area contributed by atoms with Gasteiger partial charge in [0.1, 0.15) is 0 Å². The van der Waals surface area contributed by atoms with Crippen molar-refractivity contribution in [2.45, 2.75) is 84.8 Å². The van der Waals surface area contributed by atoms with E-state index >= 15 is 0 Å². The van der Waals surface area contributed by atoms with E-state index in [0.29, 0.717) is 17.4 Å². The highest BCUT2D eigenvalue weighted by molar-refractivity contribution is 5.73. The number of amides is 1. The van der Waals surface area contributed by atoms with Gasteiger partial charge in [-0.25, -0.2) is 0 Å². The molecule has 0 radical (unpaired) electrons. The van der Waals surface area contributed by atoms with Crippen LogP contribution in [0.25, 0.3) is 0 Å². The molecule has 0 aromatic heterocycles. The fraction of sp³-hybridized carbons (Fsp3) is 0.864. The molecule has 0 heterocycles. The Bertz CT molecular complexity index is 599. The van der Waals surface area contributed by atoms with Crippen molar-refractivity contribution < 1.29 is 9.90 Å². The van der Waals surface area contributed by atoms with E-state index in [9.17, 15) is 9.90 Å². The van der Waals surface area contributed by atoms with Gasteiger partial charge in [0.25, 0.3) is 0 Å². The maximum absolute atomic E-state index is 11.8. The number of aliphatic hydroxyl groups excluding tert-OH is 1. The van der Waals surface area contributed by atoms with Crippen LogP contribution in [0.3, 0.4) is 0 Å². The molecule has 140 valence electrons. The van der Waals surface area contributed by atoms with E-state index in [-0.39, 0.29) is 17.4 Å². The molecule has 0 aliphatic heterocycles. The van der Waals surface area contributed by atoms with Crippen LogP contribution in [0.5, 0.6) is 0 Å². The summed E-state index contributed by atoms with van der Waals surface area (Å²) in [5, 5.41) is 13.4. The summed E-state index contributed by atoms with van der Waals surface area (Å²) in [7, 11) is 0. The van der Waals surface area contributed by atoms with Crippen molar-refractivity contribution in [3.05, 3.63) is 11.6 Å². The van der Waals surface area contributed by atoms with Gasteiger partial charge in [0.2, 0.25) is 5.91 Å². The Morgan fingerprint density at radius 1 is 1.24 bits per heavy atom. The highest BCUT2D eigenvalue weighted by Crippen LogP contribution is 2.65. The second kappa shape index (κ2) is 5.84. The molecule has 0 bridgehead atoms. The van der Waals surface area contributed by atoms with Crippen molar-refractivity contribution in [2.75, 3.05) is 0 Å². The predicted octanol–water partition coefficient (Wildman–Crippen LogP) is 4.06. The van der Waals surface area contributed by atoms with Gasteiger partial charge in [-0.3, -0.25) is 4.79 Å². The lowest BCUT2D eigenvalue weighted by atomic mass is 9.48. The summed E-state index contributed by atoms with van der Waals surface area (Å²) in [6.07, 6.45) is 10.3. The number of fused-ring (bicyclic) bond motifs is 5. The number of nitrogens with one attached hydrogen (secondary N) is 1. The zero-order chi connectivity index (χ0) is 18.0. The Hall–Kier alpha value is -0.830. The molecule has 0 saturated heterocycles. The Balaban J connectivity index is 1.64. The first-order valence-corrected chi connectivity index (χ1v) is 10.4. The third kappa shape index (κ3) is 2.52. The van der Waals surface area contributed by atoms with E-state index in [4.69, 9.17) is 0 Å². The normalized spacial score (nSPS) is 51.8. The van der Waals surface area contributed by atoms with E-state index in [1.165, 1.54) is 25.7 Å². The first kappa shape index (κ1) is 17.6. The number of rotatable bonds is 1. The van der Waals surface area contributed by atoms with Gasteiger partial charge >= 0.3 is 0 Å². The number of aliphatic hydroxyl groups is 1. The number of hydrogen-bond acceptors (Lipinski definition) is 2. The minimum absolute atomic E-state index is 0.125. The highest BCUT2D eigenvalue weighted by atomic mass is 16.3. The SMILES string of the molecule is CC(=O)N[C@@H]1[C@@H](C)C[C@H]2[C@@H]3CC=C4C[C@@H](O)CC[C@@]4(C)[C@@H]3CC[C@@]12C. The van der Waals surface area contributed by atoms with Crippen molar-refractivity contribution in [1.29, 1.82) is 0 Å². The van der Waals surface area contributed by atoms with E-state index in [1.807, 2.05) is 0 Å². The van der Waals surface area contributed by atoms with Crippen molar-refractivity contribution in [2.24, 2.45) is 34.5 Å². The van der Waals surface area contributed by atoms with E-state index in [2.05, 4.69) is 32.2 Å². The van der Waals surface area contributed by atoms with Crippen LogP contribution in [-0.2, 0) is 4.79 Å². The molecule has 0 unspecified atom stereocenters. The average molecular weight is 346 g/mol. The minimum atomic E-state index is -0.125. The second-order valence-corrected chi connectivity index (χ2v) is 10.1. The first-order chi connectivity index (χ1) is 11.8. The molecule has 3 saturated carbocycles. The monoisotopic (exact) mass is 345 g/mol. The van der Waals surface area contributed by atoms with Gasteiger partial charge in [-0.05, 0) is 79.4 Å². The minimum Gasteiger partial charge on any atom is -0.393 e. The predicted molar refractivity (Wildman–Crippen MR) is 99.9 cm³/mol. The van der Waals surface area contributed by atoms with Crippen LogP contribution in [0.2, 0.25) is 0 Å². The third-order valence-electron chi connectivity index (χ3n) is 8.78. The number of allylic oxidation sites excluding steroid dienone is 1. The number of carbonyl (C=O) groups is 1. The molecular formula is C22H35NO2. The average Bonchev–Trinajstić information content (AvgIpc) is 2.79. The summed E-state index contributed by atoms with van der Waals surface area (Å²) in [6, 6.07) is 0.335. The van der Waals surface area contributed by atoms with Crippen LogP contribution in [0.1, 0.15) is 72.6 Å². The van der Waals surface area contributed by atoms with Crippen molar-refractivity contribution in [3.8, 4) is 0 Å². The summed E-state index contributed by atoms with van der Waals surface area (Å²) in [4.78, 5) is 11.8. The fourth-order valence-corrected chi connectivity index (χ4v) is 7.53. The lowest BCUT2D eigenvalue weighted by Crippen LogP contribution is -2.54. The molecule has 4 rings (SSSR count). The van der Waals surface area contributed by atoms with Crippen molar-refractivity contribution in [3.63, 3.8) is 0 Å². The Kier molecular flexibility index (Phi) is 4.10. The van der Waals surface area contributed by atoms with Crippen LogP contribution in [-0.4, -0.2) is 23.2 Å². The molecule has 3 fully saturated rings. The number of hydrogen-bond donors (Lipinski definition) is 2. The lowest BCUT2D eigenvalue weighted by Gasteiger charge is -2.58. The third-order valence-corrected chi connectivity index (χ3v) is 8.78. The number of carbonyl (C=O) groups excluding carboxylic acids is 1. The molecule has 3 heteroatoms. The lowest BCUT2D eigenvalue weighted by molar-refractivity contribution is -0.121. The molecule has 0 aromatic rings. The molecular weight excluding hydrogens is 310 g/mol. The standard InChI is InChI=1S/C22H35NO2/c1-13-11-19-17-6-5-15-12-16(25)7-9-21(15,3)18(17)8-10-22(19,4)20(13)23-14(2)24/h5,13,16-20,25H,6-12H2,1-4H3,(H,23,24)/t13-,16-,17+,18+,19-,20+,21+,22+/m0/s1. The molecule has 0 aromatic carbocycles. The Morgan fingerprint density at radius 3 is 2.72 bits per heavy atom. The van der Waals surface area contributed by atoms with Gasteiger partial charge in [-0.1, -0.05) is 32.4 Å². The molecule has 25 heavy (non-hydrogen) atoms. The molecule has 4 aliphatic carbocycles. The molecule has 3 nitrogen and oxygen atoms in total. The highest BCUT2D eigenvalue weighted by Gasteiger charge is 2.60. The van der Waals surface area contributed by atoms with Gasteiger partial charge in [-0.15, -0.1) is 0 Å². The zero-order valence-corrected chi connectivity index (χ0v) is 16.3. The maximum atomic E-state index is 11.8. The summed E-state index contributed by atoms with van der Waals surface area (Å²) in [6.45, 7) is 8.93. The van der Waals surface area contributed by atoms with Crippen LogP contribution in [0, 0.1) is 34.5 Å². The summed E-state index contributed by atoms with van der Waals surface area (Å²) in [5.41, 5.74) is 2.10. The van der Waals surface area contributed by atoms with E-state index in [1.54, 1.807) is 12.5 Å². The van der Waals surface area contributed by atoms with Crippen LogP contribution >= 0.6 is 0 Å². The molecule has 4 aliphatic rings. The van der Waals surface area contributed by atoms with Gasteiger partial charge < -0.3 is 10.4 Å². The second-order valence-electron chi connectivity index (χ2n) is 10.1. The van der Waals surface area contributed by atoms with Crippen LogP contribution < -0.4 is 5.32 Å². The van der Waals surface area contributed by atoms with Gasteiger partial charge in [0, 0.05) is 13.0 Å². The van der Waals surface area contributed by atoms with Crippen LogP contribution in [0.15, 0.2) is 11.6 Å². The molecule has 0 spiro atoms. The summed E-state index contributed by atoms with van der Waals surface area (Å²) < 4.78 is 0. The summed E-state index contributed by atoms with van der Waals surface area (Å²) in [5.74, 6) is 2.94. The smallest absolute Gasteiger partial charge is 0.217 e. The maximum Gasteiger partial charge on any atom is 0.217 e. The van der Waals surface area contributed by atoms with Crippen molar-refractivity contribution >= 4 is 5.91 Å². The molecule has 2 N–H and O–H groups in total. The van der Waals surface area contributed by atoms with Crippen molar-refractivity contribution in [1.82, 2.24) is 5.32 Å². The molecule has 1 amide bonds. The quantitative estimate of drug-likeness (QED) is 0.704. The van der Waals surface area contributed by atoms with E-state index < -0.39 is 0 Å². The van der Waals surface area contributed by atoms with Gasteiger partial charge in [0.15, 0.2) is 0 Å². The zero-order valence-electron chi connectivity index (χ0n) is 16.3. The topological polar surface area (TPSA) is 49.3 Å². The Labute approximate surface area is 152 Å². The van der Waals surface area contributed by atoms with Crippen LogP contribution in [0.4, 0.5) is 0 Å². The fourth-order valence-electron chi connectivity index (χ4n) is 7.53. The Morgan fingerprint density at radius 2 is 2.00 bits per heavy atom.